The molecule has 0 radical (unpaired) electrons. The van der Waals surface area contributed by atoms with E-state index < -0.39 is 0 Å². The molecule has 78 valence electrons. The third-order valence-electron chi connectivity index (χ3n) is 2.08. The van der Waals surface area contributed by atoms with Crippen molar-refractivity contribution in [3.05, 3.63) is 30.3 Å². The van der Waals surface area contributed by atoms with Gasteiger partial charge in [-0.3, -0.25) is 4.90 Å². The molecule has 1 aromatic carbocycles. The molecule has 1 saturated heterocycles. The fraction of sp³-hybridized carbons (Fsp3) is 0.500. The van der Waals surface area contributed by atoms with Crippen LogP contribution in [0.3, 0.4) is 0 Å². The molecule has 2 rings (SSSR count). The van der Waals surface area contributed by atoms with Gasteiger partial charge < -0.3 is 4.74 Å². The van der Waals surface area contributed by atoms with Crippen molar-refractivity contribution < 1.29 is 4.74 Å². The summed E-state index contributed by atoms with van der Waals surface area (Å²) in [7, 11) is 2.10. The van der Waals surface area contributed by atoms with E-state index in [0.717, 1.165) is 18.8 Å². The summed E-state index contributed by atoms with van der Waals surface area (Å²) in [6.07, 6.45) is 0.400. The predicted octanol–water partition coefficient (Wildman–Crippen LogP) is 2.41. The molecule has 1 heterocycles. The predicted molar refractivity (Wildman–Crippen MR) is 59.7 cm³/mol. The first-order valence-corrected chi connectivity index (χ1v) is 5.25. The zero-order valence-electron chi connectivity index (χ0n) is 9.23. The number of benzene rings is 1. The molecule has 0 aliphatic carbocycles. The maximum atomic E-state index is 5.68. The minimum Gasteiger partial charge on any atom is -0.488 e. The number of hydrogen-bond donors (Lipinski definition) is 0. The van der Waals surface area contributed by atoms with Gasteiger partial charge in [0.1, 0.15) is 11.9 Å². The van der Waals surface area contributed by atoms with Crippen LogP contribution in [0, 0.1) is 0 Å². The van der Waals surface area contributed by atoms with Crippen molar-refractivity contribution in [2.75, 3.05) is 20.1 Å². The molecule has 0 atom stereocenters. The van der Waals surface area contributed by atoms with Gasteiger partial charge in [-0.1, -0.05) is 32.0 Å². The quantitative estimate of drug-likeness (QED) is 0.715. The van der Waals surface area contributed by atoms with Gasteiger partial charge in [-0.2, -0.15) is 0 Å². The number of hydrogen-bond acceptors (Lipinski definition) is 2. The Balaban J connectivity index is 0.000000461. The maximum Gasteiger partial charge on any atom is 0.124 e. The molecule has 0 N–H and O–H groups in total. The lowest BCUT2D eigenvalue weighted by molar-refractivity contribution is 0.0388. The van der Waals surface area contributed by atoms with Crippen molar-refractivity contribution in [3.8, 4) is 5.75 Å². The molecular weight excluding hydrogens is 174 g/mol. The highest BCUT2D eigenvalue weighted by atomic mass is 16.5. The lowest BCUT2D eigenvalue weighted by Gasteiger charge is -2.35. The SMILES string of the molecule is CC.CN1CC(Oc2ccccc2)C1. The van der Waals surface area contributed by atoms with E-state index in [1.54, 1.807) is 0 Å². The van der Waals surface area contributed by atoms with E-state index in [-0.39, 0.29) is 0 Å². The first-order chi connectivity index (χ1) is 6.84. The summed E-state index contributed by atoms with van der Waals surface area (Å²) in [4.78, 5) is 2.24. The summed E-state index contributed by atoms with van der Waals surface area (Å²) in [6.45, 7) is 6.10. The molecule has 0 saturated carbocycles. The van der Waals surface area contributed by atoms with Crippen LogP contribution in [-0.4, -0.2) is 31.1 Å². The molecule has 1 aliphatic rings. The second-order valence-electron chi connectivity index (χ2n) is 3.27. The molecule has 0 amide bonds. The fourth-order valence-electron chi connectivity index (χ4n) is 1.41. The van der Waals surface area contributed by atoms with Crippen molar-refractivity contribution in [1.82, 2.24) is 4.90 Å². The zero-order valence-corrected chi connectivity index (χ0v) is 9.23. The van der Waals surface area contributed by atoms with E-state index in [2.05, 4.69) is 11.9 Å². The van der Waals surface area contributed by atoms with Gasteiger partial charge in [0.15, 0.2) is 0 Å². The van der Waals surface area contributed by atoms with E-state index in [1.807, 2.05) is 44.2 Å². The first-order valence-electron chi connectivity index (χ1n) is 5.25. The Morgan fingerprint density at radius 2 is 1.71 bits per heavy atom. The van der Waals surface area contributed by atoms with Gasteiger partial charge in [-0.15, -0.1) is 0 Å². The molecule has 0 bridgehead atoms. The smallest absolute Gasteiger partial charge is 0.124 e. The second kappa shape index (κ2) is 5.66. The monoisotopic (exact) mass is 193 g/mol. The van der Waals surface area contributed by atoms with Crippen LogP contribution in [0.15, 0.2) is 30.3 Å². The van der Waals surface area contributed by atoms with Crippen molar-refractivity contribution >= 4 is 0 Å². The summed E-state index contributed by atoms with van der Waals surface area (Å²) in [5.41, 5.74) is 0. The normalized spacial score (nSPS) is 16.5. The van der Waals surface area contributed by atoms with Crippen LogP contribution in [0.5, 0.6) is 5.75 Å². The highest BCUT2D eigenvalue weighted by Crippen LogP contribution is 2.15. The van der Waals surface area contributed by atoms with Gasteiger partial charge in [0, 0.05) is 13.1 Å². The number of rotatable bonds is 2. The standard InChI is InChI=1S/C10H13NO.C2H6/c1-11-7-10(8-11)12-9-5-3-2-4-6-9;1-2/h2-6,10H,7-8H2,1H3;1-2H3. The highest BCUT2D eigenvalue weighted by Gasteiger charge is 2.24. The minimum atomic E-state index is 0.400. The van der Waals surface area contributed by atoms with E-state index in [9.17, 15) is 0 Å². The number of likely N-dealkylation sites (tertiary alicyclic amines) is 1. The van der Waals surface area contributed by atoms with Gasteiger partial charge in [0.25, 0.3) is 0 Å². The number of para-hydroxylation sites is 1. The van der Waals surface area contributed by atoms with Crippen LogP contribution >= 0.6 is 0 Å². The van der Waals surface area contributed by atoms with Gasteiger partial charge in [-0.25, -0.2) is 0 Å². The molecule has 2 nitrogen and oxygen atoms in total. The van der Waals surface area contributed by atoms with Crippen LogP contribution in [0.1, 0.15) is 13.8 Å². The molecule has 1 fully saturated rings. The van der Waals surface area contributed by atoms with Gasteiger partial charge in [0.05, 0.1) is 0 Å². The molecule has 1 aliphatic heterocycles. The summed E-state index contributed by atoms with van der Waals surface area (Å²) in [5.74, 6) is 0.982. The van der Waals surface area contributed by atoms with Crippen molar-refractivity contribution in [2.45, 2.75) is 20.0 Å². The Bertz CT molecular complexity index is 242. The van der Waals surface area contributed by atoms with Crippen LogP contribution < -0.4 is 4.74 Å². The first kappa shape index (κ1) is 11.1. The average molecular weight is 193 g/mol. The summed E-state index contributed by atoms with van der Waals surface area (Å²) in [6, 6.07) is 9.99. The third kappa shape index (κ3) is 3.04. The lowest BCUT2D eigenvalue weighted by Crippen LogP contribution is -2.51. The maximum absolute atomic E-state index is 5.68. The van der Waals surface area contributed by atoms with Crippen LogP contribution in [0.2, 0.25) is 0 Å². The Kier molecular flexibility index (Phi) is 4.47. The second-order valence-corrected chi connectivity index (χ2v) is 3.27. The fourth-order valence-corrected chi connectivity index (χ4v) is 1.41. The van der Waals surface area contributed by atoms with Crippen molar-refractivity contribution in [2.24, 2.45) is 0 Å². The van der Waals surface area contributed by atoms with Gasteiger partial charge in [0.2, 0.25) is 0 Å². The topological polar surface area (TPSA) is 12.5 Å². The third-order valence-corrected chi connectivity index (χ3v) is 2.08. The van der Waals surface area contributed by atoms with Gasteiger partial charge in [-0.05, 0) is 19.2 Å². The summed E-state index contributed by atoms with van der Waals surface area (Å²) >= 11 is 0. The summed E-state index contributed by atoms with van der Waals surface area (Å²) in [5, 5.41) is 0. The number of ether oxygens (including phenoxy) is 1. The Hall–Kier alpha value is -1.02. The molecule has 0 spiro atoms. The minimum absolute atomic E-state index is 0.400. The van der Waals surface area contributed by atoms with Gasteiger partial charge >= 0.3 is 0 Å². The average Bonchev–Trinajstić information content (AvgIpc) is 2.20. The highest BCUT2D eigenvalue weighted by molar-refractivity contribution is 5.21. The number of likely N-dealkylation sites (N-methyl/N-ethyl adjacent to an activating group) is 1. The Labute approximate surface area is 86.5 Å². The molecule has 14 heavy (non-hydrogen) atoms. The summed E-state index contributed by atoms with van der Waals surface area (Å²) < 4.78 is 5.68. The van der Waals surface area contributed by atoms with E-state index in [0.29, 0.717) is 6.10 Å². The molecular formula is C12H19NO. The zero-order chi connectivity index (χ0) is 10.4. The van der Waals surface area contributed by atoms with E-state index >= 15 is 0 Å². The van der Waals surface area contributed by atoms with Crippen molar-refractivity contribution in [1.29, 1.82) is 0 Å². The van der Waals surface area contributed by atoms with E-state index in [1.165, 1.54) is 0 Å². The van der Waals surface area contributed by atoms with E-state index in [4.69, 9.17) is 4.74 Å². The van der Waals surface area contributed by atoms with Crippen LogP contribution in [-0.2, 0) is 0 Å². The van der Waals surface area contributed by atoms with Crippen LogP contribution in [0.25, 0.3) is 0 Å². The van der Waals surface area contributed by atoms with Crippen LogP contribution in [0.4, 0.5) is 0 Å². The lowest BCUT2D eigenvalue weighted by atomic mass is 10.2. The van der Waals surface area contributed by atoms with Crippen molar-refractivity contribution in [3.63, 3.8) is 0 Å². The molecule has 0 unspecified atom stereocenters. The molecule has 2 heteroatoms. The molecule has 1 aromatic rings. The largest absolute Gasteiger partial charge is 0.488 e. The molecule has 0 aromatic heterocycles. The Morgan fingerprint density at radius 3 is 2.21 bits per heavy atom. The Morgan fingerprint density at radius 1 is 1.14 bits per heavy atom. The number of nitrogens with zero attached hydrogens (tertiary/aromatic N) is 1.